The van der Waals surface area contributed by atoms with Gasteiger partial charge in [-0.05, 0) is 110 Å². The molecule has 6 atom stereocenters. The van der Waals surface area contributed by atoms with Crippen LogP contribution in [0.25, 0.3) is 0 Å². The SMILES string of the molecule is CN(C)c1ccc(N=Nc2ccc(N3C(=O)[C@H]4[C@H](CC=C5[C@H]4C[C@H]4C(=O)N(c6ccc(F)c(Cl)c6)C(=O)[C@@]4(C)[C@H]5c4ccc(O)cc4Cl)C3=O)cc2)cc1. The van der Waals surface area contributed by atoms with Crippen LogP contribution in [-0.2, 0) is 19.2 Å². The molecule has 1 N–H and O–H groups in total. The average Bonchev–Trinajstić information content (AvgIpc) is 3.52. The van der Waals surface area contributed by atoms with Crippen molar-refractivity contribution in [1.29, 1.82) is 0 Å². The number of halogens is 3. The van der Waals surface area contributed by atoms with Gasteiger partial charge in [0.1, 0.15) is 11.6 Å². The monoisotopic (exact) mass is 765 g/mol. The lowest BCUT2D eigenvalue weighted by Gasteiger charge is -2.49. The lowest BCUT2D eigenvalue weighted by Crippen LogP contribution is -2.49. The van der Waals surface area contributed by atoms with Crippen LogP contribution in [0.1, 0.15) is 31.2 Å². The number of amides is 4. The van der Waals surface area contributed by atoms with E-state index in [0.717, 1.165) is 22.2 Å². The highest BCUT2D eigenvalue weighted by molar-refractivity contribution is 6.32. The number of carbonyl (C=O) groups excluding carboxylic acids is 4. The number of aromatic hydroxyl groups is 1. The maximum absolute atomic E-state index is 14.6. The zero-order valence-corrected chi connectivity index (χ0v) is 30.9. The second-order valence-electron chi connectivity index (χ2n) is 14.6. The maximum atomic E-state index is 14.6. The molecular weight excluding hydrogens is 732 g/mol. The normalized spacial score (nSPS) is 26.3. The predicted octanol–water partition coefficient (Wildman–Crippen LogP) is 8.75. The van der Waals surface area contributed by atoms with Crippen molar-refractivity contribution < 1.29 is 28.7 Å². The van der Waals surface area contributed by atoms with Gasteiger partial charge in [-0.2, -0.15) is 10.2 Å². The van der Waals surface area contributed by atoms with Gasteiger partial charge in [0.25, 0.3) is 0 Å². The lowest BCUT2D eigenvalue weighted by atomic mass is 9.51. The maximum Gasteiger partial charge on any atom is 0.241 e. The van der Waals surface area contributed by atoms with Gasteiger partial charge in [-0.1, -0.05) is 40.9 Å². The van der Waals surface area contributed by atoms with E-state index in [1.807, 2.05) is 49.3 Å². The van der Waals surface area contributed by atoms with Crippen molar-refractivity contribution in [3.63, 3.8) is 0 Å². The summed E-state index contributed by atoms with van der Waals surface area (Å²) in [6, 6.07) is 22.4. The third-order valence-electron chi connectivity index (χ3n) is 11.5. The Balaban J connectivity index is 1.13. The van der Waals surface area contributed by atoms with Crippen molar-refractivity contribution in [2.45, 2.75) is 25.7 Å². The molecule has 2 aliphatic heterocycles. The summed E-state index contributed by atoms with van der Waals surface area (Å²) >= 11 is 12.9. The molecule has 13 heteroatoms. The van der Waals surface area contributed by atoms with Crippen LogP contribution in [0.4, 0.5) is 32.8 Å². The molecule has 4 aromatic carbocycles. The number of allylic oxidation sites excluding steroid dienone is 2. The van der Waals surface area contributed by atoms with Crippen LogP contribution in [-0.4, -0.2) is 42.8 Å². The number of fused-ring (bicyclic) bond motifs is 4. The van der Waals surface area contributed by atoms with Crippen LogP contribution < -0.4 is 14.7 Å². The van der Waals surface area contributed by atoms with Gasteiger partial charge in [0.05, 0.1) is 50.9 Å². The molecule has 10 nitrogen and oxygen atoms in total. The van der Waals surface area contributed by atoms with E-state index in [0.29, 0.717) is 22.6 Å². The fourth-order valence-electron chi connectivity index (χ4n) is 8.84. The van der Waals surface area contributed by atoms with Crippen molar-refractivity contribution in [2.75, 3.05) is 28.8 Å². The Labute approximate surface area is 320 Å². The number of carbonyl (C=O) groups is 4. The van der Waals surface area contributed by atoms with Gasteiger partial charge in [-0.25, -0.2) is 9.29 Å². The van der Waals surface area contributed by atoms with E-state index in [9.17, 15) is 28.7 Å². The Kier molecular flexibility index (Phi) is 8.69. The van der Waals surface area contributed by atoms with Gasteiger partial charge in [0.15, 0.2) is 0 Å². The summed E-state index contributed by atoms with van der Waals surface area (Å²) in [5, 5.41) is 18.8. The standard InChI is InChI=1S/C41H34Cl2FN5O5/c1-41-31(38(52)49(40(41)54)25-12-17-34(44)33(43)18-25)20-30-27(36(41)28-14-13-26(50)19-32(28)42)15-16-29-35(30)39(53)48(37(29)51)24-10-6-22(7-11-24)46-45-21-4-8-23(9-5-21)47(2)3/h4-15,17-19,29-31,35-36,50H,16,20H2,1-3H3/t29-,30+,31-,35-,36+,41+/m0/s1. The molecule has 0 aromatic heterocycles. The summed E-state index contributed by atoms with van der Waals surface area (Å²) in [5.41, 5.74) is 2.61. The molecule has 3 fully saturated rings. The van der Waals surface area contributed by atoms with E-state index < -0.39 is 58.5 Å². The molecule has 0 spiro atoms. The number of benzene rings is 4. The molecule has 8 rings (SSSR count). The molecule has 4 aliphatic rings. The molecule has 2 heterocycles. The minimum absolute atomic E-state index is 0.0785. The average molecular weight is 767 g/mol. The number of imide groups is 2. The van der Waals surface area contributed by atoms with E-state index in [-0.39, 0.29) is 40.2 Å². The molecule has 4 amide bonds. The summed E-state index contributed by atoms with van der Waals surface area (Å²) in [5.74, 6) is -6.33. The summed E-state index contributed by atoms with van der Waals surface area (Å²) in [7, 11) is 3.90. The van der Waals surface area contributed by atoms with Crippen molar-refractivity contribution in [3.8, 4) is 5.75 Å². The topological polar surface area (TPSA) is 123 Å². The van der Waals surface area contributed by atoms with Crippen LogP contribution in [0, 0.1) is 34.9 Å². The van der Waals surface area contributed by atoms with Gasteiger partial charge in [0.2, 0.25) is 23.6 Å². The third kappa shape index (κ3) is 5.51. The number of hydrogen-bond donors (Lipinski definition) is 1. The molecule has 1 saturated carbocycles. The van der Waals surface area contributed by atoms with Gasteiger partial charge in [0, 0.05) is 30.7 Å². The molecule has 2 saturated heterocycles. The molecule has 0 bridgehead atoms. The molecule has 274 valence electrons. The Bertz CT molecular complexity index is 2310. The smallest absolute Gasteiger partial charge is 0.241 e. The Hall–Kier alpha value is -5.39. The molecule has 4 aromatic rings. The summed E-state index contributed by atoms with van der Waals surface area (Å²) in [6.45, 7) is 1.71. The van der Waals surface area contributed by atoms with E-state index in [4.69, 9.17) is 23.2 Å². The van der Waals surface area contributed by atoms with Crippen molar-refractivity contribution in [3.05, 3.63) is 118 Å². The first-order valence-corrected chi connectivity index (χ1v) is 18.2. The van der Waals surface area contributed by atoms with Crippen LogP contribution in [0.3, 0.4) is 0 Å². The van der Waals surface area contributed by atoms with Gasteiger partial charge in [-0.3, -0.25) is 24.1 Å². The highest BCUT2D eigenvalue weighted by Crippen LogP contribution is 2.64. The largest absolute Gasteiger partial charge is 0.508 e. The van der Waals surface area contributed by atoms with Crippen molar-refractivity contribution in [1.82, 2.24) is 0 Å². The van der Waals surface area contributed by atoms with E-state index in [1.54, 1.807) is 37.3 Å². The number of azo groups is 1. The number of phenolic OH excluding ortho intramolecular Hbond substituents is 1. The minimum Gasteiger partial charge on any atom is -0.508 e. The lowest BCUT2D eigenvalue weighted by molar-refractivity contribution is -0.131. The number of phenols is 1. The van der Waals surface area contributed by atoms with Gasteiger partial charge >= 0.3 is 0 Å². The Morgan fingerprint density at radius 3 is 2.06 bits per heavy atom. The first-order chi connectivity index (χ1) is 25.8. The molecular formula is C41H34Cl2FN5O5. The number of rotatable bonds is 6. The predicted molar refractivity (Wildman–Crippen MR) is 203 cm³/mol. The van der Waals surface area contributed by atoms with Crippen molar-refractivity contribution in [2.24, 2.45) is 39.3 Å². The summed E-state index contributed by atoms with van der Waals surface area (Å²) in [6.07, 6.45) is 2.27. The first-order valence-electron chi connectivity index (χ1n) is 17.5. The van der Waals surface area contributed by atoms with Crippen LogP contribution >= 0.6 is 23.2 Å². The van der Waals surface area contributed by atoms with Crippen LogP contribution in [0.2, 0.25) is 10.0 Å². The van der Waals surface area contributed by atoms with Crippen LogP contribution in [0.5, 0.6) is 5.75 Å². The fourth-order valence-corrected chi connectivity index (χ4v) is 9.29. The molecule has 0 unspecified atom stereocenters. The van der Waals surface area contributed by atoms with Crippen molar-refractivity contribution >= 4 is 75.3 Å². The highest BCUT2D eigenvalue weighted by atomic mass is 35.5. The van der Waals surface area contributed by atoms with E-state index >= 15 is 0 Å². The van der Waals surface area contributed by atoms with Gasteiger partial charge < -0.3 is 10.0 Å². The highest BCUT2D eigenvalue weighted by Gasteiger charge is 2.68. The number of nitrogens with zero attached hydrogens (tertiary/aromatic N) is 5. The second kappa shape index (κ2) is 13.2. The van der Waals surface area contributed by atoms with E-state index in [1.165, 1.54) is 29.2 Å². The molecule has 2 aliphatic carbocycles. The van der Waals surface area contributed by atoms with E-state index in [2.05, 4.69) is 10.2 Å². The summed E-state index contributed by atoms with van der Waals surface area (Å²) in [4.78, 5) is 61.7. The Morgan fingerprint density at radius 2 is 1.43 bits per heavy atom. The second-order valence-corrected chi connectivity index (χ2v) is 15.4. The summed E-state index contributed by atoms with van der Waals surface area (Å²) < 4.78 is 14.2. The third-order valence-corrected chi connectivity index (χ3v) is 12.1. The van der Waals surface area contributed by atoms with Gasteiger partial charge in [-0.15, -0.1) is 0 Å². The molecule has 0 radical (unpaired) electrons. The zero-order valence-electron chi connectivity index (χ0n) is 29.4. The quantitative estimate of drug-likeness (QED) is 0.119. The number of hydrogen-bond acceptors (Lipinski definition) is 8. The fraction of sp³-hybridized carbons (Fsp3) is 0.268. The zero-order chi connectivity index (χ0) is 38.2. The first kappa shape index (κ1) is 35.6. The Morgan fingerprint density at radius 1 is 0.778 bits per heavy atom. The number of anilines is 3. The van der Waals surface area contributed by atoms with Crippen LogP contribution in [0.15, 0.2) is 107 Å². The molecule has 54 heavy (non-hydrogen) atoms. The minimum atomic E-state index is -1.38.